The molecule has 116 valence electrons. The van der Waals surface area contributed by atoms with Crippen molar-refractivity contribution >= 4 is 17.5 Å². The van der Waals surface area contributed by atoms with Gasteiger partial charge in [0.05, 0.1) is 5.02 Å². The quantitative estimate of drug-likeness (QED) is 0.831. The second kappa shape index (κ2) is 7.32. The Kier molecular flexibility index (Phi) is 5.45. The van der Waals surface area contributed by atoms with Gasteiger partial charge in [-0.1, -0.05) is 53.6 Å². The van der Waals surface area contributed by atoms with Crippen molar-refractivity contribution < 1.29 is 9.53 Å². The zero-order valence-corrected chi connectivity index (χ0v) is 13.8. The number of likely N-dealkylation sites (N-methyl/N-ethyl adjacent to an activating group) is 1. The van der Waals surface area contributed by atoms with E-state index in [1.807, 2.05) is 43.3 Å². The molecule has 0 heterocycles. The number of halogens is 1. The Hall–Kier alpha value is -2.00. The molecule has 0 aliphatic heterocycles. The first kappa shape index (κ1) is 16.4. The second-order valence-electron chi connectivity index (χ2n) is 5.37. The van der Waals surface area contributed by atoms with E-state index in [-0.39, 0.29) is 5.91 Å². The van der Waals surface area contributed by atoms with Crippen LogP contribution in [0.4, 0.5) is 0 Å². The van der Waals surface area contributed by atoms with Gasteiger partial charge in [0.2, 0.25) is 0 Å². The molecular formula is C18H20ClNO2. The van der Waals surface area contributed by atoms with E-state index >= 15 is 0 Å². The van der Waals surface area contributed by atoms with Crippen molar-refractivity contribution in [2.75, 3.05) is 7.05 Å². The van der Waals surface area contributed by atoms with Gasteiger partial charge in [-0.05, 0) is 31.5 Å². The minimum absolute atomic E-state index is 0.0829. The summed E-state index contributed by atoms with van der Waals surface area (Å²) in [5.74, 6) is 0.439. The fourth-order valence-electron chi connectivity index (χ4n) is 2.14. The molecule has 0 aromatic heterocycles. The lowest BCUT2D eigenvalue weighted by atomic mass is 10.1. The molecule has 1 atom stereocenters. The van der Waals surface area contributed by atoms with Crippen LogP contribution in [0, 0.1) is 6.92 Å². The Morgan fingerprint density at radius 3 is 2.45 bits per heavy atom. The number of nitrogens with zero attached hydrogens (tertiary/aromatic N) is 1. The summed E-state index contributed by atoms with van der Waals surface area (Å²) < 4.78 is 5.66. The van der Waals surface area contributed by atoms with Crippen LogP contribution in [-0.2, 0) is 11.3 Å². The van der Waals surface area contributed by atoms with Crippen molar-refractivity contribution in [3.63, 3.8) is 0 Å². The molecule has 0 unspecified atom stereocenters. The van der Waals surface area contributed by atoms with Crippen molar-refractivity contribution in [2.24, 2.45) is 0 Å². The molecule has 0 bridgehead atoms. The van der Waals surface area contributed by atoms with Crippen molar-refractivity contribution in [2.45, 2.75) is 26.5 Å². The molecule has 3 nitrogen and oxygen atoms in total. The highest BCUT2D eigenvalue weighted by atomic mass is 35.5. The first-order valence-electron chi connectivity index (χ1n) is 7.19. The third-order valence-corrected chi connectivity index (χ3v) is 3.72. The number of hydrogen-bond acceptors (Lipinski definition) is 2. The van der Waals surface area contributed by atoms with Gasteiger partial charge < -0.3 is 9.64 Å². The van der Waals surface area contributed by atoms with E-state index in [9.17, 15) is 4.79 Å². The molecule has 0 aliphatic rings. The first-order chi connectivity index (χ1) is 10.5. The van der Waals surface area contributed by atoms with Crippen LogP contribution in [0.2, 0.25) is 5.02 Å². The summed E-state index contributed by atoms with van der Waals surface area (Å²) >= 11 is 6.05. The van der Waals surface area contributed by atoms with Gasteiger partial charge in [0, 0.05) is 13.6 Å². The van der Waals surface area contributed by atoms with E-state index in [4.69, 9.17) is 16.3 Å². The third kappa shape index (κ3) is 4.25. The molecule has 1 amide bonds. The minimum Gasteiger partial charge on any atom is -0.479 e. The minimum atomic E-state index is -0.588. The summed E-state index contributed by atoms with van der Waals surface area (Å²) in [6.45, 7) is 4.32. The van der Waals surface area contributed by atoms with Crippen LogP contribution in [-0.4, -0.2) is 24.0 Å². The second-order valence-corrected chi connectivity index (χ2v) is 5.78. The maximum absolute atomic E-state index is 12.4. The first-order valence-corrected chi connectivity index (χ1v) is 7.57. The van der Waals surface area contributed by atoms with Crippen LogP contribution in [0.5, 0.6) is 5.75 Å². The lowest BCUT2D eigenvalue weighted by molar-refractivity contribution is -0.137. The van der Waals surface area contributed by atoms with E-state index in [1.54, 1.807) is 31.0 Å². The number of aryl methyl sites for hydroxylation is 1. The molecule has 0 radical (unpaired) electrons. The van der Waals surface area contributed by atoms with Gasteiger partial charge >= 0.3 is 0 Å². The molecule has 0 fully saturated rings. The summed E-state index contributed by atoms with van der Waals surface area (Å²) in [4.78, 5) is 14.0. The molecule has 0 N–H and O–H groups in total. The highest BCUT2D eigenvalue weighted by Gasteiger charge is 2.20. The molecule has 22 heavy (non-hydrogen) atoms. The predicted molar refractivity (Wildman–Crippen MR) is 89.2 cm³/mol. The van der Waals surface area contributed by atoms with E-state index in [2.05, 4.69) is 0 Å². The van der Waals surface area contributed by atoms with Crippen molar-refractivity contribution in [3.8, 4) is 5.75 Å². The van der Waals surface area contributed by atoms with Gasteiger partial charge in [-0.3, -0.25) is 4.79 Å². The Morgan fingerprint density at radius 1 is 1.18 bits per heavy atom. The average molecular weight is 318 g/mol. The van der Waals surface area contributed by atoms with Crippen LogP contribution in [0.25, 0.3) is 0 Å². The number of benzene rings is 2. The predicted octanol–water partition coefficient (Wildman–Crippen LogP) is 4.07. The Bertz CT molecular complexity index is 640. The van der Waals surface area contributed by atoms with Gasteiger partial charge in [-0.2, -0.15) is 0 Å². The summed E-state index contributed by atoms with van der Waals surface area (Å²) in [5, 5.41) is 0.503. The highest BCUT2D eigenvalue weighted by molar-refractivity contribution is 6.32. The van der Waals surface area contributed by atoms with Gasteiger partial charge in [0.25, 0.3) is 5.91 Å². The van der Waals surface area contributed by atoms with E-state index in [0.717, 1.165) is 5.56 Å². The highest BCUT2D eigenvalue weighted by Crippen LogP contribution is 2.24. The van der Waals surface area contributed by atoms with Crippen molar-refractivity contribution in [3.05, 3.63) is 64.7 Å². The molecular weight excluding hydrogens is 298 g/mol. The van der Waals surface area contributed by atoms with Crippen molar-refractivity contribution in [1.82, 2.24) is 4.90 Å². The fourth-order valence-corrected chi connectivity index (χ4v) is 2.32. The topological polar surface area (TPSA) is 29.5 Å². The molecule has 0 aliphatic carbocycles. The van der Waals surface area contributed by atoms with Gasteiger partial charge in [0.15, 0.2) is 6.10 Å². The fraction of sp³-hybridized carbons (Fsp3) is 0.278. The normalized spacial score (nSPS) is 11.8. The molecule has 0 saturated heterocycles. The van der Waals surface area contributed by atoms with Gasteiger partial charge in [-0.15, -0.1) is 0 Å². The average Bonchev–Trinajstić information content (AvgIpc) is 2.51. The summed E-state index contributed by atoms with van der Waals surface area (Å²) in [5.41, 5.74) is 2.29. The number of rotatable bonds is 5. The van der Waals surface area contributed by atoms with E-state index in [1.165, 1.54) is 5.56 Å². The zero-order valence-electron chi connectivity index (χ0n) is 13.0. The number of carbonyl (C=O) groups excluding carboxylic acids is 1. The van der Waals surface area contributed by atoms with Crippen molar-refractivity contribution in [1.29, 1.82) is 0 Å². The Labute approximate surface area is 136 Å². The molecule has 0 spiro atoms. The lowest BCUT2D eigenvalue weighted by Gasteiger charge is -2.22. The Morgan fingerprint density at radius 2 is 1.82 bits per heavy atom. The standard InChI is InChI=1S/C18H20ClNO2/c1-13-8-10-15(11-9-13)12-20(3)18(21)14(2)22-17-7-5-4-6-16(17)19/h4-11,14H,12H2,1-3H3/t14-/m1/s1. The molecule has 0 saturated carbocycles. The van der Waals surface area contributed by atoms with E-state index in [0.29, 0.717) is 17.3 Å². The van der Waals surface area contributed by atoms with Crippen LogP contribution in [0.15, 0.2) is 48.5 Å². The Balaban J connectivity index is 1.97. The molecule has 4 heteroatoms. The third-order valence-electron chi connectivity index (χ3n) is 3.40. The van der Waals surface area contributed by atoms with Crippen LogP contribution < -0.4 is 4.74 Å². The monoisotopic (exact) mass is 317 g/mol. The number of carbonyl (C=O) groups is 1. The number of para-hydroxylation sites is 1. The number of amides is 1. The lowest BCUT2D eigenvalue weighted by Crippen LogP contribution is -2.37. The van der Waals surface area contributed by atoms with Crippen LogP contribution in [0.3, 0.4) is 0 Å². The summed E-state index contributed by atoms with van der Waals surface area (Å²) in [6.07, 6.45) is -0.588. The summed E-state index contributed by atoms with van der Waals surface area (Å²) in [7, 11) is 1.77. The molecule has 2 rings (SSSR count). The molecule has 2 aromatic carbocycles. The maximum Gasteiger partial charge on any atom is 0.263 e. The molecule has 2 aromatic rings. The SMILES string of the molecule is Cc1ccc(CN(C)C(=O)[C@@H](C)Oc2ccccc2Cl)cc1. The number of hydrogen-bond donors (Lipinski definition) is 0. The number of ether oxygens (including phenoxy) is 1. The van der Waals surface area contributed by atoms with Crippen LogP contribution in [0.1, 0.15) is 18.1 Å². The summed E-state index contributed by atoms with van der Waals surface area (Å²) in [6, 6.07) is 15.3. The van der Waals surface area contributed by atoms with E-state index < -0.39 is 6.10 Å². The maximum atomic E-state index is 12.4. The largest absolute Gasteiger partial charge is 0.479 e. The van der Waals surface area contributed by atoms with Gasteiger partial charge in [0.1, 0.15) is 5.75 Å². The van der Waals surface area contributed by atoms with Crippen LogP contribution >= 0.6 is 11.6 Å². The zero-order chi connectivity index (χ0) is 16.1. The smallest absolute Gasteiger partial charge is 0.263 e. The van der Waals surface area contributed by atoms with Gasteiger partial charge in [-0.25, -0.2) is 0 Å².